The summed E-state index contributed by atoms with van der Waals surface area (Å²) < 4.78 is 68.6. The van der Waals surface area contributed by atoms with Crippen LogP contribution in [0.1, 0.15) is 108 Å². The minimum atomic E-state index is -4.02. The summed E-state index contributed by atoms with van der Waals surface area (Å²) in [6.07, 6.45) is 11.0. The van der Waals surface area contributed by atoms with Crippen molar-refractivity contribution in [2.75, 3.05) is 6.54 Å². The first-order valence-corrected chi connectivity index (χ1v) is 21.4. The number of fused-ring (bicyclic) bond motifs is 5. The number of carbonyl (C=O) groups excluding carboxylic acids is 4. The molecule has 302 valence electrons. The molecule has 16 heteroatoms. The number of aromatic nitrogens is 1. The number of ether oxygens (including phenoxy) is 2. The van der Waals surface area contributed by atoms with Gasteiger partial charge in [0.1, 0.15) is 35.1 Å². The number of allylic oxidation sites excluding steroid dienone is 1. The van der Waals surface area contributed by atoms with Crippen LogP contribution >= 0.6 is 0 Å². The molecule has 4 fully saturated rings. The van der Waals surface area contributed by atoms with Crippen molar-refractivity contribution >= 4 is 44.7 Å². The summed E-state index contributed by atoms with van der Waals surface area (Å²) in [6.45, 7) is 3.22. The van der Waals surface area contributed by atoms with Crippen molar-refractivity contribution in [3.8, 4) is 5.75 Å². The molecule has 0 unspecified atom stereocenters. The third-order valence-corrected chi connectivity index (χ3v) is 15.0. The quantitative estimate of drug-likeness (QED) is 0.355. The highest BCUT2D eigenvalue weighted by atomic mass is 32.2. The predicted molar refractivity (Wildman–Crippen MR) is 200 cm³/mol. The largest absolute Gasteiger partial charge is 0.483 e. The minimum absolute atomic E-state index is 0.00703. The van der Waals surface area contributed by atoms with E-state index >= 15 is 0 Å². The van der Waals surface area contributed by atoms with E-state index in [9.17, 15) is 36.4 Å². The van der Waals surface area contributed by atoms with Crippen LogP contribution in [0.3, 0.4) is 0 Å². The normalized spacial score (nSPS) is 30.9. The second-order valence-corrected chi connectivity index (χ2v) is 19.2. The standard InChI is InChI=1S/C40H49F2N5O8S/c1-23-33-26(27-18-28(41)29(42)19-31(27)43-23)14-15-39(55-33)21-32-34(48)45-40(36(50)46-56(52,53)38(2)16-17-38)20-24(40)10-6-4-3-5-7-13-30(35(49)47(32)22-39)44-37(51)54-25-11-8-9-12-25/h6,10,18-19,24-25,30,32H,3-5,7-9,11-17,20-22H2,1-2H3,(H,44,51)(H,45,48)(H,46,50)/b10-6-/t24-,30+,32+,39-,40-/m1/s1. The summed E-state index contributed by atoms with van der Waals surface area (Å²) in [4.78, 5) is 62.4. The Labute approximate surface area is 324 Å². The summed E-state index contributed by atoms with van der Waals surface area (Å²) in [6, 6.07) is -0.0447. The van der Waals surface area contributed by atoms with E-state index in [0.29, 0.717) is 67.3 Å². The number of pyridine rings is 1. The fourth-order valence-electron chi connectivity index (χ4n) is 9.02. The van der Waals surface area contributed by atoms with E-state index in [1.165, 1.54) is 4.90 Å². The Morgan fingerprint density at radius 2 is 1.75 bits per heavy atom. The first-order valence-electron chi connectivity index (χ1n) is 19.9. The number of nitrogens with zero attached hydrogens (tertiary/aromatic N) is 2. The molecule has 0 radical (unpaired) electrons. The molecule has 3 N–H and O–H groups in total. The van der Waals surface area contributed by atoms with E-state index in [0.717, 1.165) is 50.7 Å². The molecule has 1 saturated heterocycles. The van der Waals surface area contributed by atoms with Gasteiger partial charge in [-0.25, -0.2) is 27.0 Å². The van der Waals surface area contributed by atoms with Crippen molar-refractivity contribution in [3.63, 3.8) is 0 Å². The van der Waals surface area contributed by atoms with Crippen LogP contribution in [0.15, 0.2) is 24.3 Å². The van der Waals surface area contributed by atoms with Crippen molar-refractivity contribution in [2.24, 2.45) is 5.92 Å². The van der Waals surface area contributed by atoms with Crippen LogP contribution in [0.5, 0.6) is 5.75 Å². The van der Waals surface area contributed by atoms with Gasteiger partial charge < -0.3 is 25.0 Å². The van der Waals surface area contributed by atoms with Crippen LogP contribution in [0, 0.1) is 24.5 Å². The maximum Gasteiger partial charge on any atom is 0.408 e. The molecule has 5 atom stereocenters. The predicted octanol–water partition coefficient (Wildman–Crippen LogP) is 4.92. The molecule has 3 aliphatic heterocycles. The van der Waals surface area contributed by atoms with E-state index in [4.69, 9.17) is 9.47 Å². The lowest BCUT2D eigenvalue weighted by atomic mass is 9.87. The highest BCUT2D eigenvalue weighted by molar-refractivity contribution is 7.91. The summed E-state index contributed by atoms with van der Waals surface area (Å²) in [5.74, 6) is -4.12. The van der Waals surface area contributed by atoms with Crippen LogP contribution in [0.2, 0.25) is 0 Å². The van der Waals surface area contributed by atoms with E-state index < -0.39 is 79.4 Å². The molecule has 8 rings (SSSR count). The molecule has 0 bridgehead atoms. The number of alkyl carbamates (subject to hydrolysis) is 1. The zero-order chi connectivity index (χ0) is 39.6. The number of nitrogens with one attached hydrogen (secondary N) is 3. The van der Waals surface area contributed by atoms with Crippen molar-refractivity contribution in [3.05, 3.63) is 47.2 Å². The van der Waals surface area contributed by atoms with Crippen LogP contribution in [0.4, 0.5) is 13.6 Å². The Morgan fingerprint density at radius 3 is 2.50 bits per heavy atom. The zero-order valence-electron chi connectivity index (χ0n) is 31.8. The molecule has 13 nitrogen and oxygen atoms in total. The lowest BCUT2D eigenvalue weighted by Gasteiger charge is -2.36. The molecular weight excluding hydrogens is 749 g/mol. The van der Waals surface area contributed by atoms with Gasteiger partial charge in [0.15, 0.2) is 11.6 Å². The summed E-state index contributed by atoms with van der Waals surface area (Å²) >= 11 is 0. The molecule has 1 aromatic heterocycles. The Hall–Kier alpha value is -4.34. The van der Waals surface area contributed by atoms with Gasteiger partial charge in [-0.3, -0.25) is 19.1 Å². The van der Waals surface area contributed by atoms with E-state index in [2.05, 4.69) is 20.3 Å². The lowest BCUT2D eigenvalue weighted by Crippen LogP contribution is -2.58. The number of amides is 4. The molecule has 1 aromatic carbocycles. The molecular formula is C40H49F2N5O8S. The maximum absolute atomic E-state index is 14.7. The number of aryl methyl sites for hydroxylation is 2. The number of rotatable bonds is 5. The third-order valence-electron chi connectivity index (χ3n) is 12.9. The first kappa shape index (κ1) is 38.5. The van der Waals surface area contributed by atoms with Gasteiger partial charge in [-0.1, -0.05) is 25.0 Å². The Balaban J connectivity index is 1.13. The van der Waals surface area contributed by atoms with Gasteiger partial charge in [0.2, 0.25) is 21.8 Å². The SMILES string of the molecule is Cc1nc2cc(F)c(F)cc2c2c1O[C@]1(CC2)C[C@H]2C(=O)N[C@]3(C(=O)NS(=O)(=O)C4(C)CC4)C[C@H]3/C=C\CCCCC[C@H](NC(=O)OC3CCCC3)C(=O)N2C1. The highest BCUT2D eigenvalue weighted by Crippen LogP contribution is 2.49. The summed E-state index contributed by atoms with van der Waals surface area (Å²) in [7, 11) is -4.02. The lowest BCUT2D eigenvalue weighted by molar-refractivity contribution is -0.141. The van der Waals surface area contributed by atoms with E-state index in [-0.39, 0.29) is 31.0 Å². The molecule has 4 heterocycles. The van der Waals surface area contributed by atoms with Gasteiger partial charge in [0.25, 0.3) is 5.91 Å². The fourth-order valence-corrected chi connectivity index (χ4v) is 10.3. The van der Waals surface area contributed by atoms with Crippen LogP contribution in [-0.2, 0) is 35.6 Å². The molecule has 1 spiro atoms. The number of carbonyl (C=O) groups is 4. The van der Waals surface area contributed by atoms with Crippen molar-refractivity contribution in [1.82, 2.24) is 25.2 Å². The van der Waals surface area contributed by atoms with E-state index in [1.54, 1.807) is 13.8 Å². The average Bonchev–Trinajstić information content (AvgIpc) is 3.94. The van der Waals surface area contributed by atoms with Gasteiger partial charge >= 0.3 is 6.09 Å². The van der Waals surface area contributed by atoms with Crippen molar-refractivity contribution < 1.29 is 45.9 Å². The molecule has 2 aromatic rings. The van der Waals surface area contributed by atoms with Gasteiger partial charge in [0, 0.05) is 29.4 Å². The average molecular weight is 798 g/mol. The molecule has 3 saturated carbocycles. The number of benzene rings is 1. The molecule has 56 heavy (non-hydrogen) atoms. The fraction of sp³-hybridized carbons (Fsp3) is 0.625. The molecule has 3 aliphatic carbocycles. The van der Waals surface area contributed by atoms with Gasteiger partial charge in [-0.2, -0.15) is 0 Å². The second-order valence-electron chi connectivity index (χ2n) is 17.0. The summed E-state index contributed by atoms with van der Waals surface area (Å²) in [5, 5.41) is 6.11. The third kappa shape index (κ3) is 7.10. The second kappa shape index (κ2) is 14.2. The van der Waals surface area contributed by atoms with E-state index in [1.807, 2.05) is 12.2 Å². The Morgan fingerprint density at radius 1 is 1.02 bits per heavy atom. The van der Waals surface area contributed by atoms with Gasteiger partial charge in [-0.05, 0) is 97.0 Å². The Kier molecular flexibility index (Phi) is 9.80. The topological polar surface area (TPSA) is 173 Å². The highest BCUT2D eigenvalue weighted by Gasteiger charge is 2.64. The molecule has 6 aliphatic rings. The maximum atomic E-state index is 14.7. The number of sulfonamides is 1. The van der Waals surface area contributed by atoms with Crippen molar-refractivity contribution in [1.29, 1.82) is 0 Å². The van der Waals surface area contributed by atoms with Crippen molar-refractivity contribution in [2.45, 2.75) is 144 Å². The smallest absolute Gasteiger partial charge is 0.408 e. The van der Waals surface area contributed by atoms with Gasteiger partial charge in [0.05, 0.1) is 22.5 Å². The number of hydrogen-bond donors (Lipinski definition) is 3. The molecule has 4 amide bonds. The Bertz CT molecular complexity index is 2120. The van der Waals surface area contributed by atoms with Crippen LogP contribution in [0.25, 0.3) is 10.9 Å². The number of hydrogen-bond acceptors (Lipinski definition) is 9. The first-order chi connectivity index (χ1) is 26.6. The summed E-state index contributed by atoms with van der Waals surface area (Å²) in [5.41, 5.74) is -1.33. The minimum Gasteiger partial charge on any atom is -0.483 e. The van der Waals surface area contributed by atoms with Crippen LogP contribution in [-0.4, -0.2) is 82.7 Å². The van der Waals surface area contributed by atoms with Gasteiger partial charge in [-0.15, -0.1) is 0 Å². The monoisotopic (exact) mass is 797 g/mol. The number of halogens is 2. The zero-order valence-corrected chi connectivity index (χ0v) is 32.6. The van der Waals surface area contributed by atoms with Crippen LogP contribution < -0.4 is 20.1 Å².